The number of allylic oxidation sites excluding steroid dienone is 6. The maximum atomic E-state index is 4.33. The van der Waals surface area contributed by atoms with Gasteiger partial charge in [-0.1, -0.05) is 23.8 Å². The van der Waals surface area contributed by atoms with E-state index in [9.17, 15) is 0 Å². The lowest BCUT2D eigenvalue weighted by molar-refractivity contribution is 0.814. The van der Waals surface area contributed by atoms with Gasteiger partial charge >= 0.3 is 0 Å². The first-order chi connectivity index (χ1) is 7.19. The standard InChI is InChI=1S/C14H21N/c1-5-8-13(6-2)9-7-10-14-11(3)15-12(14)4/h5-6,8H,7,9-10H2,1-4H3/b8-5-,13-6+. The Hall–Kier alpha value is -1.11. The van der Waals surface area contributed by atoms with Crippen molar-refractivity contribution in [3.05, 3.63) is 35.1 Å². The van der Waals surface area contributed by atoms with Gasteiger partial charge in [-0.3, -0.25) is 4.99 Å². The molecule has 0 amide bonds. The van der Waals surface area contributed by atoms with Crippen LogP contribution >= 0.6 is 0 Å². The Kier molecular flexibility index (Phi) is 4.54. The zero-order valence-electron chi connectivity index (χ0n) is 10.3. The fourth-order valence-electron chi connectivity index (χ4n) is 1.96. The summed E-state index contributed by atoms with van der Waals surface area (Å²) < 4.78 is 0. The van der Waals surface area contributed by atoms with Gasteiger partial charge in [-0.25, -0.2) is 0 Å². The Morgan fingerprint density at radius 2 is 2.00 bits per heavy atom. The first kappa shape index (κ1) is 12.0. The van der Waals surface area contributed by atoms with Crippen molar-refractivity contribution in [3.8, 4) is 0 Å². The molecule has 0 aliphatic carbocycles. The molecular weight excluding hydrogens is 182 g/mol. The number of aliphatic imine (C=N–C) groups is 1. The molecule has 0 saturated heterocycles. The summed E-state index contributed by atoms with van der Waals surface area (Å²) in [5.74, 6) is 0. The van der Waals surface area contributed by atoms with Gasteiger partial charge in [0.2, 0.25) is 0 Å². The average molecular weight is 203 g/mol. The maximum absolute atomic E-state index is 4.33. The van der Waals surface area contributed by atoms with Gasteiger partial charge in [-0.15, -0.1) is 0 Å². The second-order valence-electron chi connectivity index (χ2n) is 3.98. The molecule has 0 aromatic heterocycles. The highest BCUT2D eigenvalue weighted by atomic mass is 14.8. The zero-order chi connectivity index (χ0) is 11.3. The van der Waals surface area contributed by atoms with Gasteiger partial charge in [0.25, 0.3) is 0 Å². The molecule has 0 unspecified atom stereocenters. The van der Waals surface area contributed by atoms with Crippen molar-refractivity contribution in [3.63, 3.8) is 0 Å². The van der Waals surface area contributed by atoms with E-state index in [1.54, 1.807) is 0 Å². The molecule has 1 heteroatoms. The minimum atomic E-state index is 1.17. The molecule has 1 rings (SSSR count). The summed E-state index contributed by atoms with van der Waals surface area (Å²) in [5.41, 5.74) is 5.39. The first-order valence-electron chi connectivity index (χ1n) is 5.72. The molecule has 15 heavy (non-hydrogen) atoms. The number of hydrogen-bond donors (Lipinski definition) is 0. The van der Waals surface area contributed by atoms with Crippen molar-refractivity contribution in [2.75, 3.05) is 0 Å². The van der Waals surface area contributed by atoms with E-state index < -0.39 is 0 Å². The van der Waals surface area contributed by atoms with Crippen LogP contribution in [0.15, 0.2) is 40.1 Å². The quantitative estimate of drug-likeness (QED) is 0.586. The van der Waals surface area contributed by atoms with Gasteiger partial charge < -0.3 is 0 Å². The van der Waals surface area contributed by atoms with Crippen LogP contribution in [0.5, 0.6) is 0 Å². The van der Waals surface area contributed by atoms with E-state index in [1.165, 1.54) is 41.8 Å². The predicted octanol–water partition coefficient (Wildman–Crippen LogP) is 4.43. The molecule has 1 aliphatic heterocycles. The van der Waals surface area contributed by atoms with Crippen LogP contribution in [0, 0.1) is 0 Å². The molecule has 0 N–H and O–H groups in total. The van der Waals surface area contributed by atoms with E-state index in [4.69, 9.17) is 0 Å². The summed E-state index contributed by atoms with van der Waals surface area (Å²) >= 11 is 0. The molecule has 0 radical (unpaired) electrons. The second-order valence-corrected chi connectivity index (χ2v) is 3.98. The molecular formula is C14H21N. The largest absolute Gasteiger partial charge is 0.258 e. The number of nitrogens with zero attached hydrogens (tertiary/aromatic N) is 1. The monoisotopic (exact) mass is 203 g/mol. The first-order valence-corrected chi connectivity index (χ1v) is 5.72. The lowest BCUT2D eigenvalue weighted by atomic mass is 9.96. The van der Waals surface area contributed by atoms with E-state index in [0.717, 1.165) is 0 Å². The van der Waals surface area contributed by atoms with Gasteiger partial charge in [0.05, 0.1) is 0 Å². The summed E-state index contributed by atoms with van der Waals surface area (Å²) in [4.78, 5) is 4.33. The van der Waals surface area contributed by atoms with Crippen LogP contribution in [0.2, 0.25) is 0 Å². The average Bonchev–Trinajstić information content (AvgIpc) is 2.22. The van der Waals surface area contributed by atoms with Crippen molar-refractivity contribution < 1.29 is 0 Å². The van der Waals surface area contributed by atoms with Crippen molar-refractivity contribution in [2.45, 2.75) is 47.0 Å². The summed E-state index contributed by atoms with van der Waals surface area (Å²) in [6.45, 7) is 8.38. The molecule has 0 aromatic carbocycles. The fraction of sp³-hybridized carbons (Fsp3) is 0.500. The third-order valence-corrected chi connectivity index (χ3v) is 2.85. The van der Waals surface area contributed by atoms with Crippen molar-refractivity contribution >= 4 is 5.71 Å². The van der Waals surface area contributed by atoms with Crippen LogP contribution in [0.25, 0.3) is 0 Å². The van der Waals surface area contributed by atoms with Crippen LogP contribution in [0.3, 0.4) is 0 Å². The highest BCUT2D eigenvalue weighted by Crippen LogP contribution is 2.24. The summed E-state index contributed by atoms with van der Waals surface area (Å²) in [5, 5.41) is 0. The van der Waals surface area contributed by atoms with E-state index in [1.807, 2.05) is 0 Å². The molecule has 0 bridgehead atoms. The third kappa shape index (κ3) is 3.19. The van der Waals surface area contributed by atoms with Crippen LogP contribution in [0.4, 0.5) is 0 Å². The smallest absolute Gasteiger partial charge is 0.0425 e. The molecule has 1 heterocycles. The molecule has 0 aromatic rings. The Balaban J connectivity index is 2.31. The molecule has 1 aliphatic rings. The van der Waals surface area contributed by atoms with Crippen molar-refractivity contribution in [2.24, 2.45) is 4.99 Å². The molecule has 1 nitrogen and oxygen atoms in total. The number of rotatable bonds is 5. The third-order valence-electron chi connectivity index (χ3n) is 2.85. The van der Waals surface area contributed by atoms with Crippen LogP contribution in [0.1, 0.15) is 47.0 Å². The SMILES string of the molecule is C/C=C\C(=C/C)CCCC1=C(C)N=C1C. The Morgan fingerprint density at radius 3 is 2.47 bits per heavy atom. The fourth-order valence-corrected chi connectivity index (χ4v) is 1.96. The summed E-state index contributed by atoms with van der Waals surface area (Å²) in [6.07, 6.45) is 10.1. The molecule has 0 fully saturated rings. The van der Waals surface area contributed by atoms with Gasteiger partial charge in [0.15, 0.2) is 0 Å². The topological polar surface area (TPSA) is 12.4 Å². The summed E-state index contributed by atoms with van der Waals surface area (Å²) in [6, 6.07) is 0. The normalized spacial score (nSPS) is 17.1. The predicted molar refractivity (Wildman–Crippen MR) is 68.2 cm³/mol. The molecule has 82 valence electrons. The van der Waals surface area contributed by atoms with Gasteiger partial charge in [0, 0.05) is 11.4 Å². The van der Waals surface area contributed by atoms with Crippen LogP contribution in [-0.2, 0) is 0 Å². The highest BCUT2D eigenvalue weighted by molar-refractivity contribution is 6.04. The lowest BCUT2D eigenvalue weighted by Crippen LogP contribution is -2.09. The van der Waals surface area contributed by atoms with Gasteiger partial charge in [-0.2, -0.15) is 0 Å². The van der Waals surface area contributed by atoms with E-state index in [-0.39, 0.29) is 0 Å². The second kappa shape index (κ2) is 5.69. The van der Waals surface area contributed by atoms with Gasteiger partial charge in [0.1, 0.15) is 0 Å². The Labute approximate surface area is 93.3 Å². The van der Waals surface area contributed by atoms with E-state index in [2.05, 4.69) is 50.9 Å². The zero-order valence-corrected chi connectivity index (χ0v) is 10.3. The van der Waals surface area contributed by atoms with E-state index in [0.29, 0.717) is 0 Å². The maximum Gasteiger partial charge on any atom is 0.0425 e. The molecule has 0 saturated carbocycles. The minimum Gasteiger partial charge on any atom is -0.258 e. The van der Waals surface area contributed by atoms with Crippen molar-refractivity contribution in [1.29, 1.82) is 0 Å². The minimum absolute atomic E-state index is 1.17. The Bertz CT molecular complexity index is 340. The Morgan fingerprint density at radius 1 is 1.27 bits per heavy atom. The van der Waals surface area contributed by atoms with Crippen molar-refractivity contribution in [1.82, 2.24) is 0 Å². The highest BCUT2D eigenvalue weighted by Gasteiger charge is 2.13. The molecule has 0 spiro atoms. The van der Waals surface area contributed by atoms with E-state index >= 15 is 0 Å². The summed E-state index contributed by atoms with van der Waals surface area (Å²) in [7, 11) is 0. The lowest BCUT2D eigenvalue weighted by Gasteiger charge is -2.17. The van der Waals surface area contributed by atoms with Crippen LogP contribution in [-0.4, -0.2) is 5.71 Å². The van der Waals surface area contributed by atoms with Crippen LogP contribution < -0.4 is 0 Å². The molecule has 0 atom stereocenters. The number of hydrogen-bond acceptors (Lipinski definition) is 1. The van der Waals surface area contributed by atoms with Gasteiger partial charge in [-0.05, 0) is 52.5 Å².